The van der Waals surface area contributed by atoms with Crippen LogP contribution in [0.5, 0.6) is 0 Å². The third-order valence-corrected chi connectivity index (χ3v) is 14.9. The molecule has 4 heterocycles. The van der Waals surface area contributed by atoms with Gasteiger partial charge in [0.05, 0.1) is 41.1 Å². The number of hydrogen-bond acceptors (Lipinski definition) is 18. The fraction of sp³-hybridized carbons (Fsp3) is 0.627. The number of carbonyl (C=O) groups is 3. The number of nitrogens with zero attached hydrogens (tertiary/aromatic N) is 4. The molecule has 2 aromatic heterocycles. The van der Waals surface area contributed by atoms with Gasteiger partial charge in [0.1, 0.15) is 36.6 Å². The van der Waals surface area contributed by atoms with Crippen LogP contribution in [0.1, 0.15) is 93.3 Å². The third kappa shape index (κ3) is 13.1. The lowest BCUT2D eigenvalue weighted by atomic mass is 9.77. The number of benzene rings is 2. The van der Waals surface area contributed by atoms with Crippen LogP contribution < -0.4 is 5.32 Å². The molecule has 9 unspecified atom stereocenters. The van der Waals surface area contributed by atoms with Gasteiger partial charge in [-0.3, -0.25) is 19.6 Å². The highest BCUT2D eigenvalue weighted by Crippen LogP contribution is 2.39. The number of carbonyl (C=O) groups excluding carboxylic acids is 2. The van der Waals surface area contributed by atoms with E-state index in [9.17, 15) is 55.1 Å². The number of aliphatic carboxylic acids is 1. The lowest BCUT2D eigenvalue weighted by Gasteiger charge is -2.48. The van der Waals surface area contributed by atoms with E-state index in [1.54, 1.807) is 48.1 Å². The van der Waals surface area contributed by atoms with Crippen molar-refractivity contribution < 1.29 is 78.4 Å². The Balaban J connectivity index is 0.984. The molecule has 404 valence electrons. The summed E-state index contributed by atoms with van der Waals surface area (Å²) in [6, 6.07) is 12.6. The molecule has 0 bridgehead atoms. The van der Waals surface area contributed by atoms with Crippen molar-refractivity contribution in [2.45, 2.75) is 171 Å². The molecule has 1 amide bonds. The van der Waals surface area contributed by atoms with Gasteiger partial charge in [-0.2, -0.15) is 0 Å². The summed E-state index contributed by atoms with van der Waals surface area (Å²) < 4.78 is 39.1. The van der Waals surface area contributed by atoms with Crippen molar-refractivity contribution in [1.82, 2.24) is 25.3 Å². The number of amides is 1. The van der Waals surface area contributed by atoms with Crippen LogP contribution in [0.15, 0.2) is 60.9 Å². The van der Waals surface area contributed by atoms with Gasteiger partial charge < -0.3 is 69.4 Å². The number of nitro benzene ring substituents is 1. The monoisotopic (exact) mass is 1040 g/mol. The minimum atomic E-state index is -1.71. The van der Waals surface area contributed by atoms with Crippen molar-refractivity contribution in [3.05, 3.63) is 87.9 Å². The second-order valence-corrected chi connectivity index (χ2v) is 20.1. The van der Waals surface area contributed by atoms with Crippen molar-refractivity contribution in [3.63, 3.8) is 0 Å². The van der Waals surface area contributed by atoms with Gasteiger partial charge in [-0.05, 0) is 74.6 Å². The summed E-state index contributed by atoms with van der Waals surface area (Å²) in [5.74, 6) is -3.76. The van der Waals surface area contributed by atoms with E-state index in [0.717, 1.165) is 48.6 Å². The third-order valence-electron chi connectivity index (χ3n) is 14.9. The van der Waals surface area contributed by atoms with Crippen molar-refractivity contribution in [2.75, 3.05) is 13.2 Å². The number of carboxylic acid groups (broad SMARTS) is 1. The predicted octanol–water partition coefficient (Wildman–Crippen LogP) is 2.72. The topological polar surface area (TPSA) is 330 Å². The largest absolute Gasteiger partial charge is 0.479 e. The average molecular weight is 1040 g/mol. The van der Waals surface area contributed by atoms with Gasteiger partial charge in [0.15, 0.2) is 24.8 Å². The number of aliphatic hydroxyl groups is 5. The van der Waals surface area contributed by atoms with Gasteiger partial charge in [-0.15, -0.1) is 5.10 Å². The highest BCUT2D eigenvalue weighted by atomic mass is 16.7. The molecule has 0 radical (unpaired) electrons. The zero-order valence-corrected chi connectivity index (χ0v) is 41.4. The molecule has 2 aliphatic carbocycles. The quantitative estimate of drug-likeness (QED) is 0.0338. The maximum Gasteiger partial charge on any atom is 0.338 e. The van der Waals surface area contributed by atoms with Crippen LogP contribution >= 0.6 is 0 Å². The van der Waals surface area contributed by atoms with E-state index in [2.05, 4.69) is 20.6 Å². The molecule has 4 fully saturated rings. The first kappa shape index (κ1) is 54.8. The molecule has 23 nitrogen and oxygen atoms in total. The van der Waals surface area contributed by atoms with Gasteiger partial charge in [0.25, 0.3) is 5.69 Å². The Morgan fingerprint density at radius 3 is 2.42 bits per heavy atom. The number of aryl methyl sites for hydroxylation is 2. The number of aliphatic hydroxyl groups excluding tert-OH is 5. The molecule has 2 saturated carbocycles. The van der Waals surface area contributed by atoms with Crippen LogP contribution in [0.2, 0.25) is 0 Å². The molecule has 2 saturated heterocycles. The van der Waals surface area contributed by atoms with E-state index in [1.807, 2.05) is 6.20 Å². The Hall–Kier alpha value is -5.47. The number of non-ortho nitro benzene ring substituents is 1. The maximum atomic E-state index is 14.1. The second-order valence-electron chi connectivity index (χ2n) is 20.1. The lowest BCUT2D eigenvalue weighted by Crippen LogP contribution is -2.64. The maximum absolute atomic E-state index is 14.1. The molecular weight excluding hydrogens is 969 g/mol. The van der Waals surface area contributed by atoms with Crippen molar-refractivity contribution >= 4 is 34.4 Å². The van der Waals surface area contributed by atoms with Gasteiger partial charge in [0, 0.05) is 60.9 Å². The highest BCUT2D eigenvalue weighted by molar-refractivity contribution is 5.89. The van der Waals surface area contributed by atoms with E-state index < -0.39 is 115 Å². The number of rotatable bonds is 21. The van der Waals surface area contributed by atoms with Crippen LogP contribution in [0.3, 0.4) is 0 Å². The van der Waals surface area contributed by atoms with Crippen LogP contribution in [0.4, 0.5) is 5.69 Å². The number of esters is 1. The van der Waals surface area contributed by atoms with Crippen molar-refractivity contribution in [2.24, 2.45) is 17.8 Å². The molecule has 4 aromatic rings. The number of hydrogen-bond donors (Lipinski definition) is 8. The Morgan fingerprint density at radius 1 is 0.919 bits per heavy atom. The fourth-order valence-corrected chi connectivity index (χ4v) is 10.7. The number of nitrogens with one attached hydrogen (secondary N) is 2. The Kier molecular flexibility index (Phi) is 18.4. The summed E-state index contributed by atoms with van der Waals surface area (Å²) in [6.45, 7) is 3.22. The number of aromatic nitrogens is 4. The smallest absolute Gasteiger partial charge is 0.338 e. The normalized spacial score (nSPS) is 31.2. The summed E-state index contributed by atoms with van der Waals surface area (Å²) in [5, 5.41) is 88.6. The van der Waals surface area contributed by atoms with Crippen LogP contribution in [0.25, 0.3) is 10.9 Å². The number of ether oxygens (including phenoxy) is 6. The summed E-state index contributed by atoms with van der Waals surface area (Å²) in [4.78, 5) is 54.9. The zero-order chi connectivity index (χ0) is 52.6. The Morgan fingerprint density at radius 2 is 1.69 bits per heavy atom. The highest BCUT2D eigenvalue weighted by Gasteiger charge is 2.54. The summed E-state index contributed by atoms with van der Waals surface area (Å²) >= 11 is 0. The summed E-state index contributed by atoms with van der Waals surface area (Å²) in [6.07, 6.45) is -8.83. The zero-order valence-electron chi connectivity index (χ0n) is 41.4. The molecule has 2 aliphatic heterocycles. The standard InChI is InChI=1S/C51H68N6O17/c1-27-20-32(47(63)52-18-17-33-25-56(55-54-33)19-9-14-31-24-53-36-16-15-34(57(67)68)23-35(31)36)22-37(44(27)74-50-43(62)42(61)40(59)28(2)69-50)71-51-46(73-49(66)30-12-7-4-8-13-30)45(41(60)39(26-58)72-51)70-38(48(64)65)21-29-10-5-3-6-11-29/h4,7-8,12-13,15-16,23-25,27-29,32,37-46,50-51,53,58-62H,3,5-6,9-11,14,17-22,26H2,1-2H3,(H,52,63)(H,64,65)/t27?,28?,32?,37-,38+,39?,40-,41+,42?,43?,44?,45?,46?,50+,51-/m1/s1. The van der Waals surface area contributed by atoms with Crippen LogP contribution in [-0.2, 0) is 57.4 Å². The molecule has 74 heavy (non-hydrogen) atoms. The van der Waals surface area contributed by atoms with Gasteiger partial charge >= 0.3 is 11.9 Å². The van der Waals surface area contributed by atoms with E-state index in [4.69, 9.17) is 28.4 Å². The number of aromatic amines is 1. The van der Waals surface area contributed by atoms with Crippen molar-refractivity contribution in [3.8, 4) is 0 Å². The first-order valence-corrected chi connectivity index (χ1v) is 25.6. The number of carboxylic acids is 1. The molecule has 8 rings (SSSR count). The first-order chi connectivity index (χ1) is 35.6. The molecule has 4 aliphatic rings. The van der Waals surface area contributed by atoms with Crippen LogP contribution in [0, 0.1) is 27.9 Å². The van der Waals surface area contributed by atoms with E-state index in [1.165, 1.54) is 25.1 Å². The molecule has 8 N–H and O–H groups in total. The van der Waals surface area contributed by atoms with Gasteiger partial charge in [-0.25, -0.2) is 9.59 Å². The molecular formula is C51H68N6O17. The Bertz CT molecular complexity index is 2510. The minimum absolute atomic E-state index is 0.0155. The Labute approximate surface area is 426 Å². The van der Waals surface area contributed by atoms with Crippen LogP contribution in [-0.4, -0.2) is 166 Å². The van der Waals surface area contributed by atoms with Gasteiger partial charge in [0.2, 0.25) is 5.91 Å². The average Bonchev–Trinajstić information content (AvgIpc) is 4.03. The number of H-pyrrole nitrogens is 1. The number of nitro groups is 1. The molecule has 15 atom stereocenters. The second kappa shape index (κ2) is 24.9. The van der Waals surface area contributed by atoms with Crippen molar-refractivity contribution in [1.29, 1.82) is 0 Å². The van der Waals surface area contributed by atoms with Gasteiger partial charge in [-0.1, -0.05) is 62.4 Å². The number of fused-ring (bicyclic) bond motifs is 1. The minimum Gasteiger partial charge on any atom is -0.479 e. The molecule has 2 aromatic carbocycles. The van der Waals surface area contributed by atoms with E-state index in [-0.39, 0.29) is 48.9 Å². The summed E-state index contributed by atoms with van der Waals surface area (Å²) in [5.41, 5.74) is 2.51. The molecule has 23 heteroatoms. The first-order valence-electron chi connectivity index (χ1n) is 25.6. The van der Waals surface area contributed by atoms with E-state index in [0.29, 0.717) is 31.5 Å². The SMILES string of the molecule is CC1CC(C(=O)NCCc2cn(CCCc3c[nH]c4ccc([N+](=O)[O-])cc34)nn2)C[C@@H](O[C@@H]2OC(CO)[C@H](O)C(O[C@@H](CC3CCCCC3)C(=O)O)C2OC(=O)c2ccccc2)C1O[C@@H]1OC(C)[C@@H](O)C(O)C1O. The predicted molar refractivity (Wildman–Crippen MR) is 259 cm³/mol. The molecule has 0 spiro atoms. The lowest BCUT2D eigenvalue weighted by molar-refractivity contribution is -0.384. The fourth-order valence-electron chi connectivity index (χ4n) is 10.7. The summed E-state index contributed by atoms with van der Waals surface area (Å²) in [7, 11) is 0. The van der Waals surface area contributed by atoms with E-state index >= 15 is 0 Å².